The smallest absolute Gasteiger partial charge is 0.242 e. The molecule has 1 amide bonds. The van der Waals surface area contributed by atoms with Crippen LogP contribution in [-0.4, -0.2) is 24.4 Å². The van der Waals surface area contributed by atoms with Gasteiger partial charge in [-0.15, -0.1) is 0 Å². The predicted molar refractivity (Wildman–Crippen MR) is 69.8 cm³/mol. The highest BCUT2D eigenvalue weighted by atomic mass is 16.2. The molecule has 0 unspecified atom stereocenters. The molecule has 2 rings (SSSR count). The van der Waals surface area contributed by atoms with E-state index in [0.29, 0.717) is 6.54 Å². The lowest BCUT2D eigenvalue weighted by molar-refractivity contribution is -0.133. The highest BCUT2D eigenvalue weighted by Crippen LogP contribution is 2.46. The number of hydrogen-bond donors (Lipinski definition) is 0. The quantitative estimate of drug-likeness (QED) is 0.813. The van der Waals surface area contributed by atoms with Gasteiger partial charge in [0.2, 0.25) is 5.91 Å². The van der Waals surface area contributed by atoms with Crippen molar-refractivity contribution in [1.29, 1.82) is 5.26 Å². The van der Waals surface area contributed by atoms with E-state index in [2.05, 4.69) is 31.2 Å². The van der Waals surface area contributed by atoms with Crippen LogP contribution in [0.4, 0.5) is 0 Å². The molecule has 0 aromatic heterocycles. The Morgan fingerprint density at radius 3 is 2.78 bits per heavy atom. The summed E-state index contributed by atoms with van der Waals surface area (Å²) >= 11 is 0. The van der Waals surface area contributed by atoms with Crippen molar-refractivity contribution in [2.75, 3.05) is 13.6 Å². The van der Waals surface area contributed by atoms with E-state index in [-0.39, 0.29) is 5.91 Å². The minimum atomic E-state index is -0.693. The number of hydrogen-bond acceptors (Lipinski definition) is 2. The Labute approximate surface area is 108 Å². The van der Waals surface area contributed by atoms with Crippen molar-refractivity contribution >= 4 is 5.91 Å². The summed E-state index contributed by atoms with van der Waals surface area (Å²) in [4.78, 5) is 13.7. The normalized spacial score (nSPS) is 15.8. The van der Waals surface area contributed by atoms with Crippen molar-refractivity contribution in [1.82, 2.24) is 4.90 Å². The van der Waals surface area contributed by atoms with Gasteiger partial charge >= 0.3 is 0 Å². The first-order chi connectivity index (χ1) is 8.57. The predicted octanol–water partition coefficient (Wildman–Crippen LogP) is 2.30. The molecule has 0 saturated heterocycles. The topological polar surface area (TPSA) is 44.1 Å². The van der Waals surface area contributed by atoms with Crippen LogP contribution in [0.15, 0.2) is 24.3 Å². The third kappa shape index (κ3) is 2.53. The molecule has 1 fully saturated rings. The van der Waals surface area contributed by atoms with Gasteiger partial charge in [0.25, 0.3) is 0 Å². The van der Waals surface area contributed by atoms with Crippen molar-refractivity contribution in [2.45, 2.75) is 26.2 Å². The standard InChI is InChI=1S/C15H18N2O/c1-12-4-3-5-13(10-12)6-9-17(2)14(18)15(11-16)7-8-15/h3-5,10H,6-9H2,1-2H3. The minimum Gasteiger partial charge on any atom is -0.344 e. The number of nitrogens with zero attached hydrogens (tertiary/aromatic N) is 2. The second-order valence-corrected chi connectivity index (χ2v) is 5.16. The summed E-state index contributed by atoms with van der Waals surface area (Å²) < 4.78 is 0. The fourth-order valence-electron chi connectivity index (χ4n) is 2.13. The molecule has 0 bridgehead atoms. The zero-order valence-corrected chi connectivity index (χ0v) is 10.9. The second kappa shape index (κ2) is 4.81. The molecule has 94 valence electrons. The maximum atomic E-state index is 12.0. The van der Waals surface area contributed by atoms with Crippen LogP contribution >= 0.6 is 0 Å². The number of likely N-dealkylation sites (N-methyl/N-ethyl adjacent to an activating group) is 1. The van der Waals surface area contributed by atoms with Crippen LogP contribution in [0.25, 0.3) is 0 Å². The van der Waals surface area contributed by atoms with Gasteiger partial charge in [0.1, 0.15) is 5.41 Å². The number of amides is 1. The van der Waals surface area contributed by atoms with Crippen LogP contribution in [0, 0.1) is 23.7 Å². The van der Waals surface area contributed by atoms with Gasteiger partial charge in [-0.25, -0.2) is 0 Å². The van der Waals surface area contributed by atoms with E-state index in [0.717, 1.165) is 19.3 Å². The van der Waals surface area contributed by atoms with Gasteiger partial charge in [0.15, 0.2) is 0 Å². The van der Waals surface area contributed by atoms with Crippen molar-refractivity contribution in [3.8, 4) is 6.07 Å². The fraction of sp³-hybridized carbons (Fsp3) is 0.467. The Balaban J connectivity index is 1.91. The second-order valence-electron chi connectivity index (χ2n) is 5.16. The lowest BCUT2D eigenvalue weighted by Crippen LogP contribution is -2.34. The molecular weight excluding hydrogens is 224 g/mol. The number of carbonyl (C=O) groups excluding carboxylic acids is 1. The van der Waals surface area contributed by atoms with Gasteiger partial charge in [-0.05, 0) is 31.7 Å². The third-order valence-electron chi connectivity index (χ3n) is 3.54. The molecule has 1 aliphatic rings. The van der Waals surface area contributed by atoms with E-state index < -0.39 is 5.41 Å². The van der Waals surface area contributed by atoms with E-state index in [1.165, 1.54) is 11.1 Å². The third-order valence-corrected chi connectivity index (χ3v) is 3.54. The largest absolute Gasteiger partial charge is 0.344 e. The maximum Gasteiger partial charge on any atom is 0.242 e. The Morgan fingerprint density at radius 2 is 2.22 bits per heavy atom. The average molecular weight is 242 g/mol. The molecule has 0 spiro atoms. The zero-order valence-electron chi connectivity index (χ0n) is 10.9. The fourth-order valence-corrected chi connectivity index (χ4v) is 2.13. The number of aryl methyl sites for hydroxylation is 1. The molecule has 1 aromatic carbocycles. The summed E-state index contributed by atoms with van der Waals surface area (Å²) in [6, 6.07) is 10.5. The van der Waals surface area contributed by atoms with Crippen molar-refractivity contribution in [3.05, 3.63) is 35.4 Å². The molecular formula is C15H18N2O. The van der Waals surface area contributed by atoms with Crippen LogP contribution in [0.3, 0.4) is 0 Å². The van der Waals surface area contributed by atoms with Gasteiger partial charge in [-0.1, -0.05) is 29.8 Å². The Morgan fingerprint density at radius 1 is 1.50 bits per heavy atom. The molecule has 1 saturated carbocycles. The lowest BCUT2D eigenvalue weighted by Gasteiger charge is -2.19. The number of rotatable bonds is 4. The Hall–Kier alpha value is -1.82. The molecule has 3 nitrogen and oxygen atoms in total. The molecule has 1 aromatic rings. The SMILES string of the molecule is Cc1cccc(CCN(C)C(=O)C2(C#N)CC2)c1. The summed E-state index contributed by atoms with van der Waals surface area (Å²) in [5.74, 6) is -0.0161. The van der Waals surface area contributed by atoms with E-state index in [9.17, 15) is 4.79 Å². The molecule has 1 aliphatic carbocycles. The molecule has 0 atom stereocenters. The first kappa shape index (κ1) is 12.6. The molecule has 0 aliphatic heterocycles. The zero-order chi connectivity index (χ0) is 13.2. The lowest BCUT2D eigenvalue weighted by atomic mass is 10.1. The summed E-state index contributed by atoms with van der Waals surface area (Å²) in [5, 5.41) is 9.00. The molecule has 0 heterocycles. The molecule has 18 heavy (non-hydrogen) atoms. The van der Waals surface area contributed by atoms with E-state index in [1.807, 2.05) is 6.07 Å². The minimum absolute atomic E-state index is 0.0161. The average Bonchev–Trinajstić information content (AvgIpc) is 3.16. The summed E-state index contributed by atoms with van der Waals surface area (Å²) in [6.45, 7) is 2.74. The van der Waals surface area contributed by atoms with Crippen LogP contribution in [0.2, 0.25) is 0 Å². The Kier molecular flexibility index (Phi) is 3.38. The Bertz CT molecular complexity index is 497. The number of benzene rings is 1. The van der Waals surface area contributed by atoms with Gasteiger partial charge in [-0.3, -0.25) is 4.79 Å². The van der Waals surface area contributed by atoms with Crippen LogP contribution in [0.5, 0.6) is 0 Å². The highest BCUT2D eigenvalue weighted by molar-refractivity contribution is 5.88. The van der Waals surface area contributed by atoms with Crippen LogP contribution in [0.1, 0.15) is 24.0 Å². The molecule has 0 radical (unpaired) electrons. The van der Waals surface area contributed by atoms with Crippen molar-refractivity contribution < 1.29 is 4.79 Å². The van der Waals surface area contributed by atoms with E-state index >= 15 is 0 Å². The van der Waals surface area contributed by atoms with Gasteiger partial charge in [-0.2, -0.15) is 5.26 Å². The maximum absolute atomic E-state index is 12.0. The number of carbonyl (C=O) groups is 1. The first-order valence-corrected chi connectivity index (χ1v) is 6.30. The summed E-state index contributed by atoms with van der Waals surface area (Å²) in [5.41, 5.74) is 1.77. The van der Waals surface area contributed by atoms with E-state index in [4.69, 9.17) is 5.26 Å². The highest BCUT2D eigenvalue weighted by Gasteiger charge is 2.51. The van der Waals surface area contributed by atoms with Crippen LogP contribution in [-0.2, 0) is 11.2 Å². The van der Waals surface area contributed by atoms with Gasteiger partial charge in [0.05, 0.1) is 6.07 Å². The monoisotopic (exact) mass is 242 g/mol. The van der Waals surface area contributed by atoms with Gasteiger partial charge < -0.3 is 4.90 Å². The summed E-state index contributed by atoms with van der Waals surface area (Å²) in [7, 11) is 1.79. The van der Waals surface area contributed by atoms with Gasteiger partial charge in [0, 0.05) is 13.6 Å². The first-order valence-electron chi connectivity index (χ1n) is 6.30. The van der Waals surface area contributed by atoms with E-state index in [1.54, 1.807) is 11.9 Å². The van der Waals surface area contributed by atoms with Crippen LogP contribution < -0.4 is 0 Å². The van der Waals surface area contributed by atoms with Crippen molar-refractivity contribution in [3.63, 3.8) is 0 Å². The summed E-state index contributed by atoms with van der Waals surface area (Å²) in [6.07, 6.45) is 2.28. The number of nitriles is 1. The van der Waals surface area contributed by atoms with Crippen molar-refractivity contribution in [2.24, 2.45) is 5.41 Å². The molecule has 0 N–H and O–H groups in total. The molecule has 3 heteroatoms.